The van der Waals surface area contributed by atoms with Crippen LogP contribution in [-0.2, 0) is 6.42 Å². The van der Waals surface area contributed by atoms with E-state index < -0.39 is 11.6 Å². The van der Waals surface area contributed by atoms with Gasteiger partial charge in [-0.3, -0.25) is 0 Å². The zero-order valence-corrected chi connectivity index (χ0v) is 11.7. The van der Waals surface area contributed by atoms with Crippen LogP contribution < -0.4 is 4.74 Å². The molecule has 0 N–H and O–H groups in total. The van der Waals surface area contributed by atoms with Gasteiger partial charge in [0, 0.05) is 28.6 Å². The van der Waals surface area contributed by atoms with Crippen LogP contribution in [-0.4, -0.2) is 17.1 Å². The summed E-state index contributed by atoms with van der Waals surface area (Å²) in [6.45, 7) is 0. The van der Waals surface area contributed by atoms with Crippen molar-refractivity contribution in [2.75, 3.05) is 7.11 Å². The Morgan fingerprint density at radius 1 is 1.26 bits per heavy atom. The Balaban J connectivity index is 2.20. The molecule has 1 heterocycles. The van der Waals surface area contributed by atoms with Gasteiger partial charge in [0.1, 0.15) is 18.0 Å². The van der Waals surface area contributed by atoms with Crippen molar-refractivity contribution < 1.29 is 13.5 Å². The number of benzene rings is 1. The first-order valence-electron chi connectivity index (χ1n) is 5.54. The van der Waals surface area contributed by atoms with Crippen molar-refractivity contribution >= 4 is 15.9 Å². The summed E-state index contributed by atoms with van der Waals surface area (Å²) in [7, 11) is 1.50. The number of nitrogens with zero attached hydrogens (tertiary/aromatic N) is 2. The molecular formula is C13H11BrF2N2O. The van der Waals surface area contributed by atoms with Gasteiger partial charge >= 0.3 is 0 Å². The highest BCUT2D eigenvalue weighted by Crippen LogP contribution is 2.29. The summed E-state index contributed by atoms with van der Waals surface area (Å²) in [6, 6.07) is 5.03. The fourth-order valence-corrected chi connectivity index (χ4v) is 2.33. The minimum absolute atomic E-state index is 0.262. The van der Waals surface area contributed by atoms with Gasteiger partial charge in [0.2, 0.25) is 5.88 Å². The van der Waals surface area contributed by atoms with Crippen LogP contribution in [0.15, 0.2) is 30.6 Å². The normalized spacial score (nSPS) is 12.2. The number of methoxy groups -OCH3 is 1. The molecule has 2 aromatic rings. The fourth-order valence-electron chi connectivity index (χ4n) is 1.65. The van der Waals surface area contributed by atoms with E-state index in [1.54, 1.807) is 6.07 Å². The van der Waals surface area contributed by atoms with Crippen LogP contribution >= 0.6 is 15.9 Å². The molecule has 2 rings (SSSR count). The van der Waals surface area contributed by atoms with Crippen LogP contribution in [0.3, 0.4) is 0 Å². The average Bonchev–Trinajstić information content (AvgIpc) is 2.41. The largest absolute Gasteiger partial charge is 0.481 e. The van der Waals surface area contributed by atoms with Gasteiger partial charge in [-0.25, -0.2) is 18.7 Å². The van der Waals surface area contributed by atoms with E-state index in [0.717, 1.165) is 12.1 Å². The highest BCUT2D eigenvalue weighted by Gasteiger charge is 2.15. The Hall–Kier alpha value is -1.56. The molecule has 0 bridgehead atoms. The molecule has 100 valence electrons. The smallest absolute Gasteiger partial charge is 0.216 e. The third-order valence-electron chi connectivity index (χ3n) is 2.59. The monoisotopic (exact) mass is 328 g/mol. The van der Waals surface area contributed by atoms with E-state index in [1.165, 1.54) is 19.5 Å². The molecular weight excluding hydrogens is 318 g/mol. The number of halogens is 3. The third-order valence-corrected chi connectivity index (χ3v) is 3.41. The SMILES string of the molecule is COc1cc(CC(Br)c2cc(F)ccc2F)ncn1. The lowest BCUT2D eigenvalue weighted by Gasteiger charge is -2.11. The van der Waals surface area contributed by atoms with E-state index in [1.807, 2.05) is 0 Å². The zero-order valence-electron chi connectivity index (χ0n) is 10.1. The lowest BCUT2D eigenvalue weighted by Crippen LogP contribution is -2.02. The van der Waals surface area contributed by atoms with E-state index in [-0.39, 0.29) is 10.4 Å². The molecule has 0 aliphatic carbocycles. The molecule has 0 saturated carbocycles. The molecule has 0 saturated heterocycles. The van der Waals surface area contributed by atoms with Crippen molar-refractivity contribution in [1.82, 2.24) is 9.97 Å². The maximum atomic E-state index is 13.6. The van der Waals surface area contributed by atoms with Gasteiger partial charge in [-0.1, -0.05) is 15.9 Å². The summed E-state index contributed by atoms with van der Waals surface area (Å²) in [5, 5.41) is 0. The van der Waals surface area contributed by atoms with Gasteiger partial charge in [0.05, 0.1) is 7.11 Å². The summed E-state index contributed by atoms with van der Waals surface area (Å²) >= 11 is 3.35. The van der Waals surface area contributed by atoms with Gasteiger partial charge < -0.3 is 4.74 Å². The molecule has 6 heteroatoms. The Bertz CT molecular complexity index is 580. The molecule has 0 amide bonds. The van der Waals surface area contributed by atoms with Gasteiger partial charge in [-0.05, 0) is 18.2 Å². The predicted octanol–water partition coefficient (Wildman–Crippen LogP) is 3.44. The number of hydrogen-bond acceptors (Lipinski definition) is 3. The highest BCUT2D eigenvalue weighted by molar-refractivity contribution is 9.09. The van der Waals surface area contributed by atoms with Crippen molar-refractivity contribution in [1.29, 1.82) is 0 Å². The van der Waals surface area contributed by atoms with Gasteiger partial charge in [-0.2, -0.15) is 0 Å². The maximum absolute atomic E-state index is 13.6. The lowest BCUT2D eigenvalue weighted by molar-refractivity contribution is 0.396. The average molecular weight is 329 g/mol. The molecule has 19 heavy (non-hydrogen) atoms. The Kier molecular flexibility index (Phi) is 4.42. The summed E-state index contributed by atoms with van der Waals surface area (Å²) < 4.78 is 31.7. The maximum Gasteiger partial charge on any atom is 0.216 e. The first-order valence-corrected chi connectivity index (χ1v) is 6.45. The molecule has 0 aliphatic heterocycles. The van der Waals surface area contributed by atoms with Crippen LogP contribution in [0, 0.1) is 11.6 Å². The van der Waals surface area contributed by atoms with Crippen LogP contribution in [0.1, 0.15) is 16.1 Å². The topological polar surface area (TPSA) is 35.0 Å². The Labute approximate surface area is 117 Å². The van der Waals surface area contributed by atoms with Crippen molar-refractivity contribution in [2.45, 2.75) is 11.2 Å². The first kappa shape index (κ1) is 13.9. The van der Waals surface area contributed by atoms with Crippen molar-refractivity contribution in [3.63, 3.8) is 0 Å². The minimum atomic E-state index is -0.471. The molecule has 1 aromatic carbocycles. The van der Waals surface area contributed by atoms with E-state index in [9.17, 15) is 8.78 Å². The highest BCUT2D eigenvalue weighted by atomic mass is 79.9. The van der Waals surface area contributed by atoms with E-state index in [2.05, 4.69) is 25.9 Å². The minimum Gasteiger partial charge on any atom is -0.481 e. The van der Waals surface area contributed by atoms with Crippen LogP contribution in [0.5, 0.6) is 5.88 Å². The summed E-state index contributed by atoms with van der Waals surface area (Å²) in [4.78, 5) is 7.58. The second kappa shape index (κ2) is 6.06. The number of aromatic nitrogens is 2. The Morgan fingerprint density at radius 2 is 2.05 bits per heavy atom. The zero-order chi connectivity index (χ0) is 13.8. The van der Waals surface area contributed by atoms with Crippen molar-refractivity contribution in [3.8, 4) is 5.88 Å². The van der Waals surface area contributed by atoms with Gasteiger partial charge in [-0.15, -0.1) is 0 Å². The van der Waals surface area contributed by atoms with Crippen LogP contribution in [0.25, 0.3) is 0 Å². The molecule has 0 radical (unpaired) electrons. The lowest BCUT2D eigenvalue weighted by atomic mass is 10.1. The van der Waals surface area contributed by atoms with Crippen LogP contribution in [0.2, 0.25) is 0 Å². The summed E-state index contributed by atoms with van der Waals surface area (Å²) in [5.74, 6) is -0.491. The standard InChI is InChI=1S/C13H11BrF2N2O/c1-19-13-6-9(17-7-18-13)5-11(14)10-4-8(15)2-3-12(10)16/h2-4,6-7,11H,5H2,1H3. The fraction of sp³-hybridized carbons (Fsp3) is 0.231. The molecule has 3 nitrogen and oxygen atoms in total. The summed E-state index contributed by atoms with van der Waals surface area (Å²) in [5.41, 5.74) is 0.940. The quantitative estimate of drug-likeness (QED) is 0.806. The number of rotatable bonds is 4. The Morgan fingerprint density at radius 3 is 2.79 bits per heavy atom. The third kappa shape index (κ3) is 3.47. The molecule has 0 aliphatic rings. The predicted molar refractivity (Wildman–Crippen MR) is 70.3 cm³/mol. The molecule has 1 unspecified atom stereocenters. The summed E-state index contributed by atoms with van der Waals surface area (Å²) in [6.07, 6.45) is 1.77. The van der Waals surface area contributed by atoms with E-state index in [0.29, 0.717) is 18.0 Å². The molecule has 1 atom stereocenters. The van der Waals surface area contributed by atoms with E-state index in [4.69, 9.17) is 4.74 Å². The molecule has 0 spiro atoms. The number of ether oxygens (including phenoxy) is 1. The second-order valence-corrected chi connectivity index (χ2v) is 4.99. The molecule has 0 fully saturated rings. The van der Waals surface area contributed by atoms with Crippen molar-refractivity contribution in [2.24, 2.45) is 0 Å². The number of alkyl halides is 1. The van der Waals surface area contributed by atoms with Crippen molar-refractivity contribution in [3.05, 3.63) is 53.5 Å². The molecule has 1 aromatic heterocycles. The van der Waals surface area contributed by atoms with E-state index >= 15 is 0 Å². The second-order valence-electron chi connectivity index (χ2n) is 3.89. The first-order chi connectivity index (χ1) is 9.10. The van der Waals surface area contributed by atoms with Gasteiger partial charge in [0.25, 0.3) is 0 Å². The number of hydrogen-bond donors (Lipinski definition) is 0. The van der Waals surface area contributed by atoms with Gasteiger partial charge in [0.15, 0.2) is 0 Å². The van der Waals surface area contributed by atoms with Crippen LogP contribution in [0.4, 0.5) is 8.78 Å².